The number of carbonyl (C=O) groups excluding carboxylic acids is 1. The van der Waals surface area contributed by atoms with Crippen LogP contribution in [0.15, 0.2) is 36.0 Å². The molecule has 1 spiro atoms. The SMILES string of the molecule is CC/C=C\C(=O)NC1COC(C/C=C(C)/C=C/[C@@H]2C[C@]3(CO3)CC(C)(C)O2)OC1.CCCN(C)C(=O)O.[HH]. The summed E-state index contributed by atoms with van der Waals surface area (Å²) in [6.45, 7) is 12.7. The molecule has 0 saturated carbocycles. The van der Waals surface area contributed by atoms with E-state index in [1.165, 1.54) is 4.90 Å². The van der Waals surface area contributed by atoms with Gasteiger partial charge in [0.2, 0.25) is 5.91 Å². The molecule has 3 aliphatic rings. The Morgan fingerprint density at radius 1 is 1.19 bits per heavy atom. The van der Waals surface area contributed by atoms with Gasteiger partial charge >= 0.3 is 6.09 Å². The lowest BCUT2D eigenvalue weighted by molar-refractivity contribution is -0.187. The molecule has 0 bridgehead atoms. The number of nitrogens with zero attached hydrogens (tertiary/aromatic N) is 1. The molecule has 0 aromatic heterocycles. The number of rotatable bonds is 9. The number of epoxide rings is 1. The fourth-order valence-corrected chi connectivity index (χ4v) is 4.41. The predicted molar refractivity (Wildman–Crippen MR) is 144 cm³/mol. The van der Waals surface area contributed by atoms with E-state index in [0.29, 0.717) is 26.2 Å². The predicted octanol–water partition coefficient (Wildman–Crippen LogP) is 4.68. The molecule has 3 heterocycles. The van der Waals surface area contributed by atoms with Crippen LogP contribution in [0.1, 0.15) is 68.1 Å². The molecular formula is C28H48N2O7. The normalized spacial score (nSPS) is 29.1. The molecule has 9 nitrogen and oxygen atoms in total. The molecule has 37 heavy (non-hydrogen) atoms. The maximum atomic E-state index is 11.7. The number of carboxylic acid groups (broad SMARTS) is 1. The lowest BCUT2D eigenvalue weighted by atomic mass is 9.85. The van der Waals surface area contributed by atoms with Crippen LogP contribution in [0.2, 0.25) is 0 Å². The van der Waals surface area contributed by atoms with Gasteiger partial charge in [-0.2, -0.15) is 0 Å². The summed E-state index contributed by atoms with van der Waals surface area (Å²) in [5.74, 6) is -0.102. The van der Waals surface area contributed by atoms with Crippen molar-refractivity contribution in [3.8, 4) is 0 Å². The zero-order chi connectivity index (χ0) is 27.5. The molecule has 0 radical (unpaired) electrons. The second kappa shape index (κ2) is 14.7. The maximum absolute atomic E-state index is 11.7. The summed E-state index contributed by atoms with van der Waals surface area (Å²) in [5.41, 5.74) is 1.04. The largest absolute Gasteiger partial charge is 0.465 e. The van der Waals surface area contributed by atoms with Crippen LogP contribution in [-0.4, -0.2) is 85.1 Å². The summed E-state index contributed by atoms with van der Waals surface area (Å²) in [6.07, 6.45) is 13.0. The number of amides is 2. The lowest BCUT2D eigenvalue weighted by Gasteiger charge is -2.38. The smallest absolute Gasteiger partial charge is 0.407 e. The molecule has 3 aliphatic heterocycles. The molecule has 0 aromatic rings. The molecule has 2 atom stereocenters. The quantitative estimate of drug-likeness (QED) is 0.256. The molecule has 2 amide bonds. The summed E-state index contributed by atoms with van der Waals surface area (Å²) in [7, 11) is 1.56. The van der Waals surface area contributed by atoms with E-state index in [4.69, 9.17) is 24.1 Å². The monoisotopic (exact) mass is 524 g/mol. The molecular weight excluding hydrogens is 476 g/mol. The van der Waals surface area contributed by atoms with Crippen LogP contribution in [0.3, 0.4) is 0 Å². The van der Waals surface area contributed by atoms with Gasteiger partial charge in [-0.1, -0.05) is 43.7 Å². The Morgan fingerprint density at radius 3 is 2.41 bits per heavy atom. The van der Waals surface area contributed by atoms with E-state index < -0.39 is 6.09 Å². The van der Waals surface area contributed by atoms with Gasteiger partial charge in [0.25, 0.3) is 0 Å². The van der Waals surface area contributed by atoms with Crippen molar-refractivity contribution in [2.24, 2.45) is 0 Å². The van der Waals surface area contributed by atoms with Gasteiger partial charge < -0.3 is 34.3 Å². The summed E-state index contributed by atoms with van der Waals surface area (Å²) < 4.78 is 23.3. The summed E-state index contributed by atoms with van der Waals surface area (Å²) >= 11 is 0. The highest BCUT2D eigenvalue weighted by molar-refractivity contribution is 5.87. The number of allylic oxidation sites excluding steroid dienone is 3. The zero-order valence-corrected chi connectivity index (χ0v) is 23.3. The standard InChI is InChI=1S/C23H35NO5.C5H11NO2.H2/c1-5-6-7-20(25)24-18-13-26-21(27-14-18)11-9-17(2)8-10-19-12-23(16-28-23)15-22(3,4)29-19;1-3-4-6(2)5(7)8;/h6-10,18-19,21H,5,11-16H2,1-4H3,(H,24,25);3-4H2,1-2H3,(H,7,8);1H/b7-6-,10-8+,17-9+;;/t18?,19-,21?,23-;;/m1../s1. The van der Waals surface area contributed by atoms with E-state index in [0.717, 1.165) is 37.9 Å². The van der Waals surface area contributed by atoms with Crippen molar-refractivity contribution < 1.29 is 35.1 Å². The topological polar surface area (TPSA) is 110 Å². The van der Waals surface area contributed by atoms with E-state index in [9.17, 15) is 9.59 Å². The van der Waals surface area contributed by atoms with Crippen LogP contribution < -0.4 is 5.32 Å². The molecule has 3 fully saturated rings. The van der Waals surface area contributed by atoms with Gasteiger partial charge in [-0.15, -0.1) is 0 Å². The first-order valence-corrected chi connectivity index (χ1v) is 13.3. The fourth-order valence-electron chi connectivity index (χ4n) is 4.41. The van der Waals surface area contributed by atoms with E-state index in [2.05, 4.69) is 44.3 Å². The van der Waals surface area contributed by atoms with Gasteiger partial charge in [0.15, 0.2) is 6.29 Å². The van der Waals surface area contributed by atoms with E-state index in [1.807, 2.05) is 19.9 Å². The van der Waals surface area contributed by atoms with Crippen LogP contribution in [0.25, 0.3) is 0 Å². The third-order valence-electron chi connectivity index (χ3n) is 6.25. The molecule has 212 valence electrons. The van der Waals surface area contributed by atoms with Crippen LogP contribution in [0, 0.1) is 0 Å². The highest BCUT2D eigenvalue weighted by atomic mass is 16.7. The van der Waals surface area contributed by atoms with E-state index in [1.54, 1.807) is 13.1 Å². The minimum Gasteiger partial charge on any atom is -0.465 e. The van der Waals surface area contributed by atoms with Crippen LogP contribution in [0.4, 0.5) is 4.79 Å². The number of hydrogen-bond acceptors (Lipinski definition) is 6. The van der Waals surface area contributed by atoms with Crippen molar-refractivity contribution in [2.75, 3.05) is 33.4 Å². The van der Waals surface area contributed by atoms with Crippen molar-refractivity contribution in [3.05, 3.63) is 36.0 Å². The Bertz CT molecular complexity index is 825. The Balaban J connectivity index is 0.000000699. The van der Waals surface area contributed by atoms with Gasteiger partial charge in [0, 0.05) is 34.3 Å². The Labute approximate surface area is 223 Å². The van der Waals surface area contributed by atoms with E-state index >= 15 is 0 Å². The Kier molecular flexibility index (Phi) is 12.3. The number of carbonyl (C=O) groups is 2. The van der Waals surface area contributed by atoms with Crippen molar-refractivity contribution in [1.29, 1.82) is 0 Å². The molecule has 0 aromatic carbocycles. The summed E-state index contributed by atoms with van der Waals surface area (Å²) in [6, 6.07) is -0.103. The summed E-state index contributed by atoms with van der Waals surface area (Å²) in [5, 5.41) is 11.1. The van der Waals surface area contributed by atoms with Crippen LogP contribution in [0.5, 0.6) is 0 Å². The van der Waals surface area contributed by atoms with Gasteiger partial charge in [0.05, 0.1) is 43.2 Å². The van der Waals surface area contributed by atoms with Crippen molar-refractivity contribution in [1.82, 2.24) is 10.2 Å². The second-order valence-electron chi connectivity index (χ2n) is 10.6. The molecule has 0 aliphatic carbocycles. The third kappa shape index (κ3) is 11.8. The fraction of sp³-hybridized carbons (Fsp3) is 0.714. The van der Waals surface area contributed by atoms with Crippen molar-refractivity contribution >= 4 is 12.0 Å². The van der Waals surface area contributed by atoms with Gasteiger partial charge in [-0.25, -0.2) is 4.79 Å². The van der Waals surface area contributed by atoms with Crippen molar-refractivity contribution in [2.45, 2.75) is 96.4 Å². The molecule has 3 saturated heterocycles. The van der Waals surface area contributed by atoms with Crippen LogP contribution in [-0.2, 0) is 23.7 Å². The molecule has 9 heteroatoms. The number of nitrogens with one attached hydrogen (secondary N) is 1. The van der Waals surface area contributed by atoms with E-state index in [-0.39, 0.29) is 37.0 Å². The molecule has 2 N–H and O–H groups in total. The van der Waals surface area contributed by atoms with Gasteiger partial charge in [-0.3, -0.25) is 4.79 Å². The van der Waals surface area contributed by atoms with Gasteiger partial charge in [-0.05, 0) is 39.7 Å². The first kappa shape index (κ1) is 31.0. The van der Waals surface area contributed by atoms with Gasteiger partial charge in [0.1, 0.15) is 0 Å². The Morgan fingerprint density at radius 2 is 1.86 bits per heavy atom. The first-order valence-electron chi connectivity index (χ1n) is 13.3. The zero-order valence-electron chi connectivity index (χ0n) is 23.3. The second-order valence-corrected chi connectivity index (χ2v) is 10.6. The molecule has 3 rings (SSSR count). The average molecular weight is 525 g/mol. The first-order chi connectivity index (χ1) is 17.5. The number of ether oxygens (including phenoxy) is 4. The maximum Gasteiger partial charge on any atom is 0.407 e. The average Bonchev–Trinajstić information content (AvgIpc) is 3.57. The van der Waals surface area contributed by atoms with Crippen LogP contribution >= 0.6 is 0 Å². The highest BCUT2D eigenvalue weighted by Gasteiger charge is 2.53. The Hall–Kier alpha value is -2.20. The van der Waals surface area contributed by atoms with Crippen molar-refractivity contribution in [3.63, 3.8) is 0 Å². The number of hydrogen-bond donors (Lipinski definition) is 2. The minimum absolute atomic E-state index is 0. The summed E-state index contributed by atoms with van der Waals surface area (Å²) in [4.78, 5) is 23.0. The molecule has 0 unspecified atom stereocenters. The minimum atomic E-state index is -0.855. The highest BCUT2D eigenvalue weighted by Crippen LogP contribution is 2.46. The third-order valence-corrected chi connectivity index (χ3v) is 6.25. The lowest BCUT2D eigenvalue weighted by Crippen LogP contribution is -2.46.